The highest BCUT2D eigenvalue weighted by Crippen LogP contribution is 2.14. The Balaban J connectivity index is 2.52. The zero-order valence-electron chi connectivity index (χ0n) is 8.72. The fraction of sp³-hybridized carbons (Fsp3) is 0.300. The number of carbonyl (C=O) groups excluding carboxylic acids is 1. The average Bonchev–Trinajstić information content (AvgIpc) is 2.24. The predicted octanol–water partition coefficient (Wildman–Crippen LogP) is 1.73. The van der Waals surface area contributed by atoms with Crippen molar-refractivity contribution in [2.75, 3.05) is 25.6 Å². The van der Waals surface area contributed by atoms with Gasteiger partial charge in [0.05, 0.1) is 12.3 Å². The molecule has 4 nitrogen and oxygen atoms in total. The van der Waals surface area contributed by atoms with Crippen molar-refractivity contribution in [3.63, 3.8) is 0 Å². The second-order valence-electron chi connectivity index (χ2n) is 3.00. The van der Waals surface area contributed by atoms with E-state index in [1.165, 1.54) is 7.11 Å². The molecule has 0 aromatic heterocycles. The SMILES string of the molecule is COCCNC(=O)Nc1cc(F)ccc1F. The molecular formula is C10H12F2N2O2. The number of rotatable bonds is 4. The van der Waals surface area contributed by atoms with Crippen LogP contribution in [0.1, 0.15) is 0 Å². The lowest BCUT2D eigenvalue weighted by Crippen LogP contribution is -2.31. The molecule has 1 aromatic rings. The molecule has 0 heterocycles. The van der Waals surface area contributed by atoms with Crippen LogP contribution >= 0.6 is 0 Å². The Bertz CT molecular complexity index is 372. The minimum Gasteiger partial charge on any atom is -0.383 e. The normalized spacial score (nSPS) is 9.94. The number of urea groups is 1. The number of halogens is 2. The summed E-state index contributed by atoms with van der Waals surface area (Å²) in [7, 11) is 1.49. The van der Waals surface area contributed by atoms with E-state index in [9.17, 15) is 13.6 Å². The molecule has 16 heavy (non-hydrogen) atoms. The molecule has 6 heteroatoms. The zero-order chi connectivity index (χ0) is 12.0. The van der Waals surface area contributed by atoms with Gasteiger partial charge in [0.1, 0.15) is 11.6 Å². The monoisotopic (exact) mass is 230 g/mol. The second-order valence-corrected chi connectivity index (χ2v) is 3.00. The summed E-state index contributed by atoms with van der Waals surface area (Å²) in [4.78, 5) is 11.2. The van der Waals surface area contributed by atoms with Gasteiger partial charge in [-0.05, 0) is 12.1 Å². The number of hydrogen-bond donors (Lipinski definition) is 2. The van der Waals surface area contributed by atoms with Gasteiger partial charge in [-0.25, -0.2) is 13.6 Å². The topological polar surface area (TPSA) is 50.4 Å². The molecule has 0 bridgehead atoms. The van der Waals surface area contributed by atoms with Gasteiger partial charge >= 0.3 is 6.03 Å². The van der Waals surface area contributed by atoms with E-state index in [1.807, 2.05) is 0 Å². The minimum atomic E-state index is -0.691. The molecule has 0 radical (unpaired) electrons. The molecule has 0 saturated heterocycles. The summed E-state index contributed by atoms with van der Waals surface area (Å²) in [5, 5.41) is 4.60. The second kappa shape index (κ2) is 6.02. The molecule has 1 aromatic carbocycles. The number of amides is 2. The highest BCUT2D eigenvalue weighted by atomic mass is 19.1. The van der Waals surface area contributed by atoms with Crippen molar-refractivity contribution in [3.8, 4) is 0 Å². The fourth-order valence-electron chi connectivity index (χ4n) is 1.03. The maximum Gasteiger partial charge on any atom is 0.319 e. The summed E-state index contributed by atoms with van der Waals surface area (Å²) in [6, 6.07) is 2.22. The van der Waals surface area contributed by atoms with Crippen LogP contribution in [0.3, 0.4) is 0 Å². The predicted molar refractivity (Wildman–Crippen MR) is 55.3 cm³/mol. The Hall–Kier alpha value is -1.69. The van der Waals surface area contributed by atoms with Gasteiger partial charge in [0.2, 0.25) is 0 Å². The Morgan fingerprint density at radius 1 is 1.44 bits per heavy atom. The van der Waals surface area contributed by atoms with E-state index in [2.05, 4.69) is 10.6 Å². The molecular weight excluding hydrogens is 218 g/mol. The Morgan fingerprint density at radius 3 is 2.88 bits per heavy atom. The first-order valence-corrected chi connectivity index (χ1v) is 4.62. The van der Waals surface area contributed by atoms with Gasteiger partial charge in [-0.15, -0.1) is 0 Å². The first kappa shape index (κ1) is 12.4. The van der Waals surface area contributed by atoms with Gasteiger partial charge in [0.25, 0.3) is 0 Å². The van der Waals surface area contributed by atoms with Gasteiger partial charge in [0.15, 0.2) is 0 Å². The third-order valence-corrected chi connectivity index (χ3v) is 1.77. The van der Waals surface area contributed by atoms with E-state index in [1.54, 1.807) is 0 Å². The van der Waals surface area contributed by atoms with Crippen molar-refractivity contribution >= 4 is 11.7 Å². The highest BCUT2D eigenvalue weighted by Gasteiger charge is 2.07. The summed E-state index contributed by atoms with van der Waals surface area (Å²) in [6.07, 6.45) is 0. The Labute approximate surface area is 91.6 Å². The Morgan fingerprint density at radius 2 is 2.19 bits per heavy atom. The van der Waals surface area contributed by atoms with Crippen molar-refractivity contribution < 1.29 is 18.3 Å². The Kier molecular flexibility index (Phi) is 4.65. The molecule has 1 rings (SSSR count). The molecule has 0 aliphatic rings. The first-order valence-electron chi connectivity index (χ1n) is 4.62. The van der Waals surface area contributed by atoms with Crippen molar-refractivity contribution in [3.05, 3.63) is 29.8 Å². The molecule has 0 unspecified atom stereocenters. The van der Waals surface area contributed by atoms with Gasteiger partial charge in [0, 0.05) is 19.7 Å². The first-order chi connectivity index (χ1) is 7.63. The van der Waals surface area contributed by atoms with Crippen LogP contribution in [0, 0.1) is 11.6 Å². The smallest absolute Gasteiger partial charge is 0.319 e. The summed E-state index contributed by atoms with van der Waals surface area (Å²) >= 11 is 0. The third kappa shape index (κ3) is 3.82. The van der Waals surface area contributed by atoms with Crippen molar-refractivity contribution in [1.29, 1.82) is 0 Å². The van der Waals surface area contributed by atoms with E-state index in [0.717, 1.165) is 18.2 Å². The number of benzene rings is 1. The lowest BCUT2D eigenvalue weighted by molar-refractivity contribution is 0.198. The number of ether oxygens (including phenoxy) is 1. The van der Waals surface area contributed by atoms with Crippen LogP contribution in [-0.4, -0.2) is 26.3 Å². The highest BCUT2D eigenvalue weighted by molar-refractivity contribution is 5.89. The van der Waals surface area contributed by atoms with E-state index in [0.29, 0.717) is 13.2 Å². The number of carbonyl (C=O) groups is 1. The number of hydrogen-bond acceptors (Lipinski definition) is 2. The van der Waals surface area contributed by atoms with Crippen LogP contribution in [0.25, 0.3) is 0 Å². The van der Waals surface area contributed by atoms with Crippen molar-refractivity contribution in [2.24, 2.45) is 0 Å². The quantitative estimate of drug-likeness (QED) is 0.774. The van der Waals surface area contributed by atoms with Crippen LogP contribution in [0.5, 0.6) is 0 Å². The summed E-state index contributed by atoms with van der Waals surface area (Å²) in [5.41, 5.74) is -0.199. The van der Waals surface area contributed by atoms with Gasteiger partial charge in [-0.2, -0.15) is 0 Å². The summed E-state index contributed by atoms with van der Waals surface area (Å²) < 4.78 is 30.5. The van der Waals surface area contributed by atoms with Crippen LogP contribution in [0.15, 0.2) is 18.2 Å². The van der Waals surface area contributed by atoms with E-state index in [4.69, 9.17) is 4.74 Å². The third-order valence-electron chi connectivity index (χ3n) is 1.77. The minimum absolute atomic E-state index is 0.199. The molecule has 0 spiro atoms. The molecule has 0 fully saturated rings. The van der Waals surface area contributed by atoms with E-state index >= 15 is 0 Å². The maximum atomic E-state index is 13.1. The average molecular weight is 230 g/mol. The lowest BCUT2D eigenvalue weighted by Gasteiger charge is -2.07. The van der Waals surface area contributed by atoms with Crippen molar-refractivity contribution in [1.82, 2.24) is 5.32 Å². The molecule has 0 aliphatic carbocycles. The number of methoxy groups -OCH3 is 1. The largest absolute Gasteiger partial charge is 0.383 e. The van der Waals surface area contributed by atoms with Crippen LogP contribution < -0.4 is 10.6 Å². The van der Waals surface area contributed by atoms with Crippen LogP contribution in [0.2, 0.25) is 0 Å². The van der Waals surface area contributed by atoms with Crippen LogP contribution in [0.4, 0.5) is 19.3 Å². The van der Waals surface area contributed by atoms with E-state index < -0.39 is 17.7 Å². The summed E-state index contributed by atoms with van der Waals surface area (Å²) in [6.45, 7) is 0.637. The molecule has 0 atom stereocenters. The fourth-order valence-corrected chi connectivity index (χ4v) is 1.03. The molecule has 2 N–H and O–H groups in total. The number of nitrogens with one attached hydrogen (secondary N) is 2. The van der Waals surface area contributed by atoms with Gasteiger partial charge < -0.3 is 15.4 Å². The molecule has 0 aliphatic heterocycles. The number of anilines is 1. The van der Waals surface area contributed by atoms with Crippen LogP contribution in [-0.2, 0) is 4.74 Å². The lowest BCUT2D eigenvalue weighted by atomic mass is 10.3. The van der Waals surface area contributed by atoms with Gasteiger partial charge in [-0.1, -0.05) is 0 Å². The summed E-state index contributed by atoms with van der Waals surface area (Å²) in [5.74, 6) is -1.31. The van der Waals surface area contributed by atoms with E-state index in [-0.39, 0.29) is 5.69 Å². The zero-order valence-corrected chi connectivity index (χ0v) is 8.72. The molecule has 88 valence electrons. The molecule has 0 saturated carbocycles. The van der Waals surface area contributed by atoms with Crippen molar-refractivity contribution in [2.45, 2.75) is 0 Å². The molecule has 2 amide bonds. The van der Waals surface area contributed by atoms with Gasteiger partial charge in [-0.3, -0.25) is 0 Å². The maximum absolute atomic E-state index is 13.1. The standard InChI is InChI=1S/C10H12F2N2O2/c1-16-5-4-13-10(15)14-9-6-7(11)2-3-8(9)12/h2-3,6H,4-5H2,1H3,(H2,13,14,15).